The molecule has 10 heteroatoms. The number of hydroxylamine groups is 2. The predicted molar refractivity (Wildman–Crippen MR) is 71.7 cm³/mol. The summed E-state index contributed by atoms with van der Waals surface area (Å²) < 4.78 is 8.82. The van der Waals surface area contributed by atoms with Crippen LogP contribution < -0.4 is 0 Å². The van der Waals surface area contributed by atoms with Crippen molar-refractivity contribution in [2.75, 3.05) is 6.54 Å². The van der Waals surface area contributed by atoms with E-state index in [9.17, 15) is 24.0 Å². The molecule has 1 atom stereocenters. The van der Waals surface area contributed by atoms with Crippen LogP contribution in [0.1, 0.15) is 19.3 Å². The zero-order valence-electron chi connectivity index (χ0n) is 11.3. The summed E-state index contributed by atoms with van der Waals surface area (Å²) in [6.45, 7) is 0.0385. The van der Waals surface area contributed by atoms with Gasteiger partial charge in [0.2, 0.25) is 0 Å². The van der Waals surface area contributed by atoms with Gasteiger partial charge in [-0.05, 0) is 6.42 Å². The lowest BCUT2D eigenvalue weighted by molar-refractivity contribution is -0.197. The lowest BCUT2D eigenvalue weighted by Gasteiger charge is -2.15. The number of nitrogens with zero attached hydrogens (tertiary/aromatic N) is 2. The number of carbonyl (C=O) groups is 5. The molecular weight excluding hydrogens is 316 g/mol. The van der Waals surface area contributed by atoms with E-state index in [1.54, 1.807) is 0 Å². The number of amides is 4. The third-order valence-electron chi connectivity index (χ3n) is 3.05. The van der Waals surface area contributed by atoms with Gasteiger partial charge in [0.25, 0.3) is 23.6 Å². The Balaban J connectivity index is 1.77. The number of carbonyl (C=O) groups excluding carboxylic acids is 5. The van der Waals surface area contributed by atoms with Crippen LogP contribution in [0.3, 0.4) is 0 Å². The summed E-state index contributed by atoms with van der Waals surface area (Å²) in [6, 6.07) is 0. The molecule has 1 N–H and O–H groups in total. The molecule has 0 saturated carbocycles. The van der Waals surface area contributed by atoms with Crippen LogP contribution in [0, 0.1) is 0 Å². The Morgan fingerprint density at radius 3 is 2.45 bits per heavy atom. The van der Waals surface area contributed by atoms with Crippen LogP contribution in [-0.2, 0) is 28.8 Å². The Hall–Kier alpha value is -2.20. The minimum Gasteiger partial charge on any atom is -0.330 e. The van der Waals surface area contributed by atoms with Gasteiger partial charge in [0.15, 0.2) is 0 Å². The fourth-order valence-corrected chi connectivity index (χ4v) is 2.34. The summed E-state index contributed by atoms with van der Waals surface area (Å²) in [5, 5.41) is -0.629. The average molecular weight is 328 g/mol. The second-order valence-corrected chi connectivity index (χ2v) is 5.33. The number of imide groups is 2. The normalized spacial score (nSPS) is 21.2. The standard InChI is InChI=1S/C12H12N2O7S/c15-8-3-4-9(16)13(8)5-1-2-11(18)21-14-10(17)6-7(22-20)12(14)19/h3-4,7,20H,1-2,5-6H2. The molecule has 2 rings (SSSR count). The zero-order chi connectivity index (χ0) is 16.3. The van der Waals surface area contributed by atoms with Gasteiger partial charge in [-0.1, -0.05) is 0 Å². The molecule has 2 aliphatic rings. The first-order valence-corrected chi connectivity index (χ1v) is 7.19. The molecule has 118 valence electrons. The van der Waals surface area contributed by atoms with Crippen LogP contribution >= 0.6 is 12.0 Å². The summed E-state index contributed by atoms with van der Waals surface area (Å²) in [7, 11) is 0. The van der Waals surface area contributed by atoms with Crippen LogP contribution in [-0.4, -0.2) is 55.9 Å². The highest BCUT2D eigenvalue weighted by Crippen LogP contribution is 2.23. The molecule has 0 radical (unpaired) electrons. The first-order chi connectivity index (χ1) is 10.4. The van der Waals surface area contributed by atoms with E-state index < -0.39 is 34.8 Å². The van der Waals surface area contributed by atoms with Gasteiger partial charge in [-0.25, -0.2) is 4.79 Å². The van der Waals surface area contributed by atoms with E-state index in [2.05, 4.69) is 4.84 Å². The second-order valence-electron chi connectivity index (χ2n) is 4.55. The average Bonchev–Trinajstić information content (AvgIpc) is 2.94. The van der Waals surface area contributed by atoms with E-state index >= 15 is 0 Å². The monoisotopic (exact) mass is 328 g/mol. The minimum absolute atomic E-state index is 0.0385. The molecule has 4 amide bonds. The summed E-state index contributed by atoms with van der Waals surface area (Å²) in [5.74, 6) is -3.24. The highest BCUT2D eigenvalue weighted by molar-refractivity contribution is 7.95. The molecule has 2 heterocycles. The van der Waals surface area contributed by atoms with E-state index in [-0.39, 0.29) is 37.8 Å². The topological polar surface area (TPSA) is 121 Å². The van der Waals surface area contributed by atoms with E-state index in [4.69, 9.17) is 4.55 Å². The smallest absolute Gasteiger partial charge is 0.330 e. The van der Waals surface area contributed by atoms with Gasteiger partial charge < -0.3 is 9.39 Å². The maximum absolute atomic E-state index is 11.6. The van der Waals surface area contributed by atoms with Crippen molar-refractivity contribution in [1.82, 2.24) is 9.96 Å². The predicted octanol–water partition coefficient (Wildman–Crippen LogP) is -0.517. The molecular formula is C12H12N2O7S. The Labute approximate surface area is 129 Å². The Bertz CT molecular complexity index is 556. The van der Waals surface area contributed by atoms with Gasteiger partial charge in [0, 0.05) is 37.2 Å². The summed E-state index contributed by atoms with van der Waals surface area (Å²) in [6.07, 6.45) is 2.00. The van der Waals surface area contributed by atoms with Crippen LogP contribution in [0.2, 0.25) is 0 Å². The van der Waals surface area contributed by atoms with Crippen molar-refractivity contribution >= 4 is 41.6 Å². The Kier molecular flexibility index (Phi) is 4.93. The first kappa shape index (κ1) is 16.2. The van der Waals surface area contributed by atoms with Crippen LogP contribution in [0.25, 0.3) is 0 Å². The van der Waals surface area contributed by atoms with E-state index in [1.165, 1.54) is 0 Å². The van der Waals surface area contributed by atoms with Crippen molar-refractivity contribution < 1.29 is 33.4 Å². The van der Waals surface area contributed by atoms with Gasteiger partial charge in [-0.3, -0.25) is 24.1 Å². The summed E-state index contributed by atoms with van der Waals surface area (Å²) in [4.78, 5) is 62.8. The minimum atomic E-state index is -0.966. The molecule has 2 aliphatic heterocycles. The molecule has 0 bridgehead atoms. The third-order valence-corrected chi connectivity index (χ3v) is 3.67. The number of hydrogen-bond donors (Lipinski definition) is 1. The van der Waals surface area contributed by atoms with Crippen molar-refractivity contribution in [3.05, 3.63) is 12.2 Å². The highest BCUT2D eigenvalue weighted by atomic mass is 32.2. The highest BCUT2D eigenvalue weighted by Gasteiger charge is 2.42. The molecule has 0 aromatic rings. The zero-order valence-corrected chi connectivity index (χ0v) is 12.1. The lowest BCUT2D eigenvalue weighted by Crippen LogP contribution is -2.34. The number of rotatable bonds is 6. The van der Waals surface area contributed by atoms with Crippen molar-refractivity contribution in [2.24, 2.45) is 0 Å². The van der Waals surface area contributed by atoms with E-state index in [0.29, 0.717) is 5.06 Å². The van der Waals surface area contributed by atoms with Crippen molar-refractivity contribution in [2.45, 2.75) is 24.5 Å². The number of hydrogen-bond acceptors (Lipinski definition) is 8. The largest absolute Gasteiger partial charge is 0.333 e. The fourth-order valence-electron chi connectivity index (χ4n) is 1.94. The molecule has 1 fully saturated rings. The quantitative estimate of drug-likeness (QED) is 0.511. The molecule has 1 saturated heterocycles. The van der Waals surface area contributed by atoms with Crippen molar-refractivity contribution in [3.8, 4) is 0 Å². The second kappa shape index (κ2) is 6.71. The van der Waals surface area contributed by atoms with Gasteiger partial charge in [0.05, 0.1) is 6.42 Å². The molecule has 0 spiro atoms. The molecule has 0 aromatic heterocycles. The molecule has 9 nitrogen and oxygen atoms in total. The van der Waals surface area contributed by atoms with Gasteiger partial charge in [-0.2, -0.15) is 0 Å². The fraction of sp³-hybridized carbons (Fsp3) is 0.417. The summed E-state index contributed by atoms with van der Waals surface area (Å²) >= 11 is 0.218. The third kappa shape index (κ3) is 3.34. The van der Waals surface area contributed by atoms with Crippen LogP contribution in [0.15, 0.2) is 12.2 Å². The van der Waals surface area contributed by atoms with E-state index in [0.717, 1.165) is 17.1 Å². The first-order valence-electron chi connectivity index (χ1n) is 6.35. The Morgan fingerprint density at radius 2 is 1.91 bits per heavy atom. The molecule has 0 aromatic carbocycles. The Morgan fingerprint density at radius 1 is 1.27 bits per heavy atom. The molecule has 22 heavy (non-hydrogen) atoms. The van der Waals surface area contributed by atoms with Crippen LogP contribution in [0.4, 0.5) is 0 Å². The lowest BCUT2D eigenvalue weighted by atomic mass is 10.3. The molecule has 0 aliphatic carbocycles. The summed E-state index contributed by atoms with van der Waals surface area (Å²) in [5.41, 5.74) is 0. The van der Waals surface area contributed by atoms with Crippen LogP contribution in [0.5, 0.6) is 0 Å². The maximum Gasteiger partial charge on any atom is 0.333 e. The van der Waals surface area contributed by atoms with Gasteiger partial charge in [0.1, 0.15) is 5.25 Å². The van der Waals surface area contributed by atoms with Gasteiger partial charge >= 0.3 is 5.97 Å². The van der Waals surface area contributed by atoms with Gasteiger partial charge in [-0.15, -0.1) is 5.06 Å². The van der Waals surface area contributed by atoms with Crippen molar-refractivity contribution in [3.63, 3.8) is 0 Å². The maximum atomic E-state index is 11.6. The van der Waals surface area contributed by atoms with Crippen molar-refractivity contribution in [1.29, 1.82) is 0 Å². The molecule has 1 unspecified atom stereocenters. The van der Waals surface area contributed by atoms with E-state index in [1.807, 2.05) is 0 Å². The SMILES string of the molecule is O=C(CCCN1C(=O)C=CC1=O)ON1C(=O)CC(SO)C1=O.